The van der Waals surface area contributed by atoms with Crippen molar-refractivity contribution in [1.29, 1.82) is 0 Å². The van der Waals surface area contributed by atoms with Crippen LogP contribution < -0.4 is 11.1 Å². The highest BCUT2D eigenvalue weighted by atomic mass is 32.2. The molecule has 0 aromatic heterocycles. The molecule has 0 saturated heterocycles. The lowest BCUT2D eigenvalue weighted by Gasteiger charge is -2.17. The van der Waals surface area contributed by atoms with Crippen molar-refractivity contribution < 1.29 is 4.21 Å². The summed E-state index contributed by atoms with van der Waals surface area (Å²) in [5, 5.41) is 2.87. The van der Waals surface area contributed by atoms with Gasteiger partial charge in [-0.15, -0.1) is 0 Å². The van der Waals surface area contributed by atoms with Crippen LogP contribution in [-0.4, -0.2) is 34.3 Å². The number of nitrogens with two attached hydrogens (primary N) is 1. The standard InChI is InChI=1S/C8H19N3OS/c1-8(2,3)13(12)6-5-11-7(9)10-4/h5-6H2,1-4H3,(H3,9,10,11). The van der Waals surface area contributed by atoms with Crippen LogP contribution in [0.3, 0.4) is 0 Å². The molecule has 0 saturated carbocycles. The van der Waals surface area contributed by atoms with Gasteiger partial charge in [0.2, 0.25) is 0 Å². The van der Waals surface area contributed by atoms with Gasteiger partial charge in [0.25, 0.3) is 0 Å². The molecule has 0 fully saturated rings. The van der Waals surface area contributed by atoms with Gasteiger partial charge in [-0.05, 0) is 20.8 Å². The molecule has 0 bridgehead atoms. The van der Waals surface area contributed by atoms with Crippen LogP contribution in [0.5, 0.6) is 0 Å². The number of nitrogens with zero attached hydrogens (tertiary/aromatic N) is 1. The topological polar surface area (TPSA) is 67.5 Å². The average molecular weight is 205 g/mol. The van der Waals surface area contributed by atoms with E-state index >= 15 is 0 Å². The quantitative estimate of drug-likeness (QED) is 0.506. The molecule has 0 radical (unpaired) electrons. The first-order chi connectivity index (χ1) is 5.88. The Balaban J connectivity index is 3.73. The van der Waals surface area contributed by atoms with Crippen LogP contribution in [0.25, 0.3) is 0 Å². The first-order valence-electron chi connectivity index (χ1n) is 4.22. The van der Waals surface area contributed by atoms with Crippen molar-refractivity contribution in [3.8, 4) is 0 Å². The van der Waals surface area contributed by atoms with E-state index in [0.717, 1.165) is 0 Å². The maximum Gasteiger partial charge on any atom is 0.188 e. The zero-order chi connectivity index (χ0) is 10.5. The Morgan fingerprint density at radius 2 is 2.08 bits per heavy atom. The molecule has 78 valence electrons. The minimum absolute atomic E-state index is 0.153. The van der Waals surface area contributed by atoms with E-state index in [2.05, 4.69) is 10.3 Å². The minimum atomic E-state index is -0.829. The van der Waals surface area contributed by atoms with E-state index in [9.17, 15) is 4.21 Å². The molecule has 0 amide bonds. The molecule has 0 aromatic carbocycles. The number of nitrogens with one attached hydrogen (secondary N) is 1. The third kappa shape index (κ3) is 5.63. The molecule has 0 aromatic rings. The van der Waals surface area contributed by atoms with Crippen LogP contribution in [0.2, 0.25) is 0 Å². The van der Waals surface area contributed by atoms with Gasteiger partial charge in [0.05, 0.1) is 0 Å². The Morgan fingerprint density at radius 3 is 2.46 bits per heavy atom. The van der Waals surface area contributed by atoms with E-state index < -0.39 is 10.8 Å². The van der Waals surface area contributed by atoms with Crippen molar-refractivity contribution in [3.63, 3.8) is 0 Å². The fraction of sp³-hybridized carbons (Fsp3) is 0.875. The zero-order valence-electron chi connectivity index (χ0n) is 8.76. The van der Waals surface area contributed by atoms with Gasteiger partial charge in [0.15, 0.2) is 5.96 Å². The molecular formula is C8H19N3OS. The van der Waals surface area contributed by atoms with Crippen molar-refractivity contribution in [2.75, 3.05) is 19.3 Å². The lowest BCUT2D eigenvalue weighted by molar-refractivity contribution is 0.647. The maximum atomic E-state index is 11.5. The largest absolute Gasteiger partial charge is 0.370 e. The van der Waals surface area contributed by atoms with Gasteiger partial charge >= 0.3 is 0 Å². The van der Waals surface area contributed by atoms with Gasteiger partial charge in [0.1, 0.15) is 0 Å². The minimum Gasteiger partial charge on any atom is -0.370 e. The average Bonchev–Trinajstić information content (AvgIpc) is 2.02. The zero-order valence-corrected chi connectivity index (χ0v) is 9.57. The molecule has 0 rings (SSSR count). The second-order valence-electron chi connectivity index (χ2n) is 3.70. The van der Waals surface area contributed by atoms with E-state index in [1.54, 1.807) is 7.05 Å². The van der Waals surface area contributed by atoms with Crippen molar-refractivity contribution in [2.45, 2.75) is 25.5 Å². The van der Waals surface area contributed by atoms with Gasteiger partial charge < -0.3 is 11.1 Å². The molecular weight excluding hydrogens is 186 g/mol. The highest BCUT2D eigenvalue weighted by Crippen LogP contribution is 2.10. The Kier molecular flexibility index (Phi) is 4.98. The number of aliphatic imine (C=N–C) groups is 1. The van der Waals surface area contributed by atoms with Gasteiger partial charge in [-0.3, -0.25) is 9.20 Å². The summed E-state index contributed by atoms with van der Waals surface area (Å²) >= 11 is 0. The summed E-state index contributed by atoms with van der Waals surface area (Å²) in [5.74, 6) is 0.991. The summed E-state index contributed by atoms with van der Waals surface area (Å²) in [4.78, 5) is 3.73. The monoisotopic (exact) mass is 205 g/mol. The van der Waals surface area contributed by atoms with Crippen LogP contribution in [-0.2, 0) is 10.8 Å². The molecule has 0 aliphatic rings. The van der Waals surface area contributed by atoms with Crippen molar-refractivity contribution in [1.82, 2.24) is 5.32 Å². The molecule has 0 heterocycles. The molecule has 13 heavy (non-hydrogen) atoms. The van der Waals surface area contributed by atoms with Crippen LogP contribution >= 0.6 is 0 Å². The summed E-state index contributed by atoms with van der Waals surface area (Å²) in [6.45, 7) is 6.48. The summed E-state index contributed by atoms with van der Waals surface area (Å²) in [5.41, 5.74) is 5.41. The number of rotatable bonds is 3. The van der Waals surface area contributed by atoms with Crippen LogP contribution in [0.4, 0.5) is 0 Å². The normalized spacial score (nSPS) is 15.5. The number of hydrogen-bond acceptors (Lipinski definition) is 2. The smallest absolute Gasteiger partial charge is 0.188 e. The Morgan fingerprint density at radius 1 is 1.54 bits per heavy atom. The SMILES string of the molecule is CN=C(N)NCCS(=O)C(C)(C)C. The first-order valence-corrected chi connectivity index (χ1v) is 5.54. The van der Waals surface area contributed by atoms with E-state index in [1.165, 1.54) is 0 Å². The van der Waals surface area contributed by atoms with Crippen LogP contribution in [0.15, 0.2) is 4.99 Å². The third-order valence-electron chi connectivity index (χ3n) is 1.52. The second kappa shape index (κ2) is 5.21. The molecule has 0 aliphatic carbocycles. The lowest BCUT2D eigenvalue weighted by atomic mass is 10.3. The molecule has 1 unspecified atom stereocenters. The molecule has 4 nitrogen and oxygen atoms in total. The molecule has 3 N–H and O–H groups in total. The third-order valence-corrected chi connectivity index (χ3v) is 3.46. The van der Waals surface area contributed by atoms with Crippen molar-refractivity contribution in [3.05, 3.63) is 0 Å². The molecule has 0 aliphatic heterocycles. The van der Waals surface area contributed by atoms with E-state index in [-0.39, 0.29) is 4.75 Å². The van der Waals surface area contributed by atoms with Crippen molar-refractivity contribution >= 4 is 16.8 Å². The Bertz CT molecular complexity index is 208. The molecule has 5 heteroatoms. The van der Waals surface area contributed by atoms with Gasteiger partial charge in [-0.25, -0.2) is 0 Å². The van der Waals surface area contributed by atoms with Gasteiger partial charge in [-0.1, -0.05) is 0 Å². The van der Waals surface area contributed by atoms with Gasteiger partial charge in [-0.2, -0.15) is 0 Å². The van der Waals surface area contributed by atoms with Crippen molar-refractivity contribution in [2.24, 2.45) is 10.7 Å². The van der Waals surface area contributed by atoms with Gasteiger partial charge in [0, 0.05) is 34.9 Å². The predicted octanol–water partition coefficient (Wildman–Crippen LogP) is 0.0677. The van der Waals surface area contributed by atoms with E-state index in [1.807, 2.05) is 20.8 Å². The Labute approximate surface area is 82.5 Å². The second-order valence-corrected chi connectivity index (χ2v) is 6.02. The highest BCUT2D eigenvalue weighted by Gasteiger charge is 2.18. The Hall–Kier alpha value is -0.580. The maximum absolute atomic E-state index is 11.5. The summed E-state index contributed by atoms with van der Waals surface area (Å²) in [6, 6.07) is 0. The lowest BCUT2D eigenvalue weighted by Crippen LogP contribution is -2.36. The van der Waals surface area contributed by atoms with E-state index in [4.69, 9.17) is 5.73 Å². The van der Waals surface area contributed by atoms with Crippen LogP contribution in [0, 0.1) is 0 Å². The number of guanidine groups is 1. The fourth-order valence-corrected chi connectivity index (χ4v) is 1.56. The summed E-state index contributed by atoms with van der Waals surface area (Å²) in [7, 11) is 0.785. The molecule has 1 atom stereocenters. The molecule has 0 spiro atoms. The first kappa shape index (κ1) is 12.4. The predicted molar refractivity (Wildman–Crippen MR) is 58.3 cm³/mol. The summed E-state index contributed by atoms with van der Waals surface area (Å²) < 4.78 is 11.4. The highest BCUT2D eigenvalue weighted by molar-refractivity contribution is 7.86. The van der Waals surface area contributed by atoms with Crippen LogP contribution in [0.1, 0.15) is 20.8 Å². The van der Waals surface area contributed by atoms with E-state index in [0.29, 0.717) is 18.3 Å². The number of hydrogen-bond donors (Lipinski definition) is 2. The summed E-state index contributed by atoms with van der Waals surface area (Å²) in [6.07, 6.45) is 0. The fourth-order valence-electron chi connectivity index (χ4n) is 0.657.